The second-order valence-corrected chi connectivity index (χ2v) is 3.23. The minimum absolute atomic E-state index is 0.110. The molecule has 5 nitrogen and oxygen atoms in total. The van der Waals surface area contributed by atoms with Gasteiger partial charge < -0.3 is 9.47 Å². The number of carbonyl (C=O) groups is 2. The molecule has 0 spiro atoms. The number of benzene rings is 1. The molecule has 88 valence electrons. The number of ketones is 1. The summed E-state index contributed by atoms with van der Waals surface area (Å²) in [6, 6.07) is 6.61. The van der Waals surface area contributed by atoms with Crippen molar-refractivity contribution in [1.29, 1.82) is 5.26 Å². The maximum absolute atomic E-state index is 11.4. The summed E-state index contributed by atoms with van der Waals surface area (Å²) in [7, 11) is 2.58. The zero-order valence-corrected chi connectivity index (χ0v) is 9.52. The van der Waals surface area contributed by atoms with E-state index >= 15 is 0 Å². The van der Waals surface area contributed by atoms with Crippen molar-refractivity contribution in [2.24, 2.45) is 0 Å². The van der Waals surface area contributed by atoms with Crippen LogP contribution in [0.2, 0.25) is 0 Å². The van der Waals surface area contributed by atoms with E-state index in [1.807, 2.05) is 6.07 Å². The molecular weight excluding hydrogens is 222 g/mol. The first-order valence-corrected chi connectivity index (χ1v) is 4.80. The molecule has 17 heavy (non-hydrogen) atoms. The summed E-state index contributed by atoms with van der Waals surface area (Å²) in [6.07, 6.45) is -0.110. The average molecular weight is 233 g/mol. The molecule has 1 rings (SSSR count). The van der Waals surface area contributed by atoms with E-state index in [2.05, 4.69) is 4.74 Å². The van der Waals surface area contributed by atoms with Gasteiger partial charge in [0, 0.05) is 12.0 Å². The Labute approximate surface area is 98.6 Å². The molecule has 1 aromatic rings. The van der Waals surface area contributed by atoms with Crippen LogP contribution in [0.3, 0.4) is 0 Å². The van der Waals surface area contributed by atoms with Gasteiger partial charge in [-0.1, -0.05) is 6.07 Å². The monoisotopic (exact) mass is 233 g/mol. The van der Waals surface area contributed by atoms with E-state index in [0.717, 1.165) is 7.11 Å². The Morgan fingerprint density at radius 1 is 1.35 bits per heavy atom. The molecule has 0 atom stereocenters. The van der Waals surface area contributed by atoms with Crippen LogP contribution in [-0.2, 0) is 20.7 Å². The zero-order valence-electron chi connectivity index (χ0n) is 9.52. The Balaban J connectivity index is 2.96. The third kappa shape index (κ3) is 3.05. The lowest BCUT2D eigenvalue weighted by atomic mass is 10.1. The van der Waals surface area contributed by atoms with Crippen LogP contribution < -0.4 is 4.74 Å². The molecule has 5 heteroatoms. The number of hydrogen-bond donors (Lipinski definition) is 0. The second-order valence-electron chi connectivity index (χ2n) is 3.23. The SMILES string of the molecule is COC(=O)C(=O)Cc1ccc(C#N)cc1OC. The molecule has 0 unspecified atom stereocenters. The van der Waals surface area contributed by atoms with Gasteiger partial charge in [-0.15, -0.1) is 0 Å². The quantitative estimate of drug-likeness (QED) is 0.569. The van der Waals surface area contributed by atoms with E-state index in [1.54, 1.807) is 12.1 Å². The Hall–Kier alpha value is -2.35. The number of ether oxygens (including phenoxy) is 2. The Kier molecular flexibility index (Phi) is 4.23. The van der Waals surface area contributed by atoms with Gasteiger partial charge in [-0.25, -0.2) is 4.79 Å². The van der Waals surface area contributed by atoms with Gasteiger partial charge >= 0.3 is 5.97 Å². The average Bonchev–Trinajstić information content (AvgIpc) is 2.37. The van der Waals surface area contributed by atoms with Crippen LogP contribution in [0.1, 0.15) is 11.1 Å². The minimum atomic E-state index is -0.892. The summed E-state index contributed by atoms with van der Waals surface area (Å²) in [5.41, 5.74) is 0.970. The van der Waals surface area contributed by atoms with Crippen LogP contribution in [0.25, 0.3) is 0 Å². The molecule has 1 aromatic carbocycles. The zero-order chi connectivity index (χ0) is 12.8. The number of nitriles is 1. The van der Waals surface area contributed by atoms with Gasteiger partial charge in [0.05, 0.1) is 25.9 Å². The van der Waals surface area contributed by atoms with Gasteiger partial charge in [0.25, 0.3) is 0 Å². The van der Waals surface area contributed by atoms with Gasteiger partial charge in [-0.05, 0) is 12.1 Å². The van der Waals surface area contributed by atoms with Crippen molar-refractivity contribution >= 4 is 11.8 Å². The number of hydrogen-bond acceptors (Lipinski definition) is 5. The van der Waals surface area contributed by atoms with E-state index in [1.165, 1.54) is 13.2 Å². The number of nitrogens with zero attached hydrogens (tertiary/aromatic N) is 1. The highest BCUT2D eigenvalue weighted by Gasteiger charge is 2.17. The highest BCUT2D eigenvalue weighted by Crippen LogP contribution is 2.20. The largest absolute Gasteiger partial charge is 0.496 e. The molecule has 0 aromatic heterocycles. The summed E-state index contributed by atoms with van der Waals surface area (Å²) in [5.74, 6) is -1.15. The lowest BCUT2D eigenvalue weighted by Crippen LogP contribution is -2.18. The highest BCUT2D eigenvalue weighted by molar-refractivity contribution is 6.34. The second kappa shape index (κ2) is 5.66. The fourth-order valence-corrected chi connectivity index (χ4v) is 1.32. The maximum Gasteiger partial charge on any atom is 0.374 e. The molecule has 0 aliphatic heterocycles. The van der Waals surface area contributed by atoms with Crippen molar-refractivity contribution < 1.29 is 19.1 Å². The summed E-state index contributed by atoms with van der Waals surface area (Å²) in [4.78, 5) is 22.3. The highest BCUT2D eigenvalue weighted by atomic mass is 16.5. The third-order valence-electron chi connectivity index (χ3n) is 2.18. The Bertz CT molecular complexity index is 488. The molecule has 0 amide bonds. The van der Waals surface area contributed by atoms with Crippen molar-refractivity contribution in [3.63, 3.8) is 0 Å². The normalized spacial score (nSPS) is 9.24. The first-order valence-electron chi connectivity index (χ1n) is 4.80. The fraction of sp³-hybridized carbons (Fsp3) is 0.250. The number of carbonyl (C=O) groups excluding carboxylic acids is 2. The van der Waals surface area contributed by atoms with Gasteiger partial charge in [-0.3, -0.25) is 4.79 Å². The summed E-state index contributed by atoms with van der Waals surface area (Å²) in [5, 5.41) is 8.71. The molecule has 0 saturated carbocycles. The molecule has 0 heterocycles. The van der Waals surface area contributed by atoms with Crippen LogP contribution in [0.15, 0.2) is 18.2 Å². The van der Waals surface area contributed by atoms with Crippen molar-refractivity contribution in [3.05, 3.63) is 29.3 Å². The molecule has 0 aliphatic carbocycles. The fourth-order valence-electron chi connectivity index (χ4n) is 1.32. The smallest absolute Gasteiger partial charge is 0.374 e. The topological polar surface area (TPSA) is 76.4 Å². The van der Waals surface area contributed by atoms with Gasteiger partial charge in [0.1, 0.15) is 5.75 Å². The summed E-state index contributed by atoms with van der Waals surface area (Å²) < 4.78 is 9.37. The van der Waals surface area contributed by atoms with E-state index in [-0.39, 0.29) is 6.42 Å². The minimum Gasteiger partial charge on any atom is -0.496 e. The number of rotatable bonds is 4. The van der Waals surface area contributed by atoms with Gasteiger partial charge in [0.2, 0.25) is 5.78 Å². The Morgan fingerprint density at radius 3 is 2.59 bits per heavy atom. The molecule has 0 N–H and O–H groups in total. The van der Waals surface area contributed by atoms with Crippen LogP contribution in [0.4, 0.5) is 0 Å². The van der Waals surface area contributed by atoms with Crippen LogP contribution >= 0.6 is 0 Å². The van der Waals surface area contributed by atoms with Crippen molar-refractivity contribution in [3.8, 4) is 11.8 Å². The lowest BCUT2D eigenvalue weighted by molar-refractivity contribution is -0.151. The predicted molar refractivity (Wildman–Crippen MR) is 58.4 cm³/mol. The number of methoxy groups -OCH3 is 2. The van der Waals surface area contributed by atoms with Crippen LogP contribution in [-0.4, -0.2) is 26.0 Å². The van der Waals surface area contributed by atoms with Gasteiger partial charge in [0.15, 0.2) is 0 Å². The molecular formula is C12H11NO4. The molecule has 0 saturated heterocycles. The number of Topliss-reactive ketones (excluding diaryl/α,β-unsaturated/α-hetero) is 1. The Morgan fingerprint density at radius 2 is 2.06 bits per heavy atom. The van der Waals surface area contributed by atoms with E-state index in [4.69, 9.17) is 10.00 Å². The van der Waals surface area contributed by atoms with E-state index < -0.39 is 11.8 Å². The van der Waals surface area contributed by atoms with Crippen molar-refractivity contribution in [1.82, 2.24) is 0 Å². The van der Waals surface area contributed by atoms with E-state index in [0.29, 0.717) is 16.9 Å². The first kappa shape index (κ1) is 12.7. The van der Waals surface area contributed by atoms with Crippen LogP contribution in [0, 0.1) is 11.3 Å². The van der Waals surface area contributed by atoms with Gasteiger partial charge in [-0.2, -0.15) is 5.26 Å². The first-order chi connectivity index (χ1) is 8.12. The van der Waals surface area contributed by atoms with Crippen molar-refractivity contribution in [2.45, 2.75) is 6.42 Å². The molecule has 0 bridgehead atoms. The standard InChI is InChI=1S/C12H11NO4/c1-16-11-5-8(7-13)3-4-9(11)6-10(14)12(15)17-2/h3-5H,6H2,1-2H3. The molecule has 0 radical (unpaired) electrons. The third-order valence-corrected chi connectivity index (χ3v) is 2.18. The lowest BCUT2D eigenvalue weighted by Gasteiger charge is -2.07. The summed E-state index contributed by atoms with van der Waals surface area (Å²) in [6.45, 7) is 0. The van der Waals surface area contributed by atoms with Crippen LogP contribution in [0.5, 0.6) is 5.75 Å². The van der Waals surface area contributed by atoms with Crippen molar-refractivity contribution in [2.75, 3.05) is 14.2 Å². The molecule has 0 fully saturated rings. The summed E-state index contributed by atoms with van der Waals surface area (Å²) >= 11 is 0. The molecule has 0 aliphatic rings. The predicted octanol–water partition coefficient (Wildman–Crippen LogP) is 0.851. The maximum atomic E-state index is 11.4. The van der Waals surface area contributed by atoms with E-state index in [9.17, 15) is 9.59 Å². The number of esters is 1.